The molecule has 0 aliphatic heterocycles. The number of aromatic nitrogens is 1. The lowest BCUT2D eigenvalue weighted by Crippen LogP contribution is -1.91. The Labute approximate surface area is 144 Å². The molecule has 116 valence electrons. The van der Waals surface area contributed by atoms with Crippen molar-refractivity contribution in [2.75, 3.05) is 0 Å². The van der Waals surface area contributed by atoms with Crippen LogP contribution < -0.4 is 0 Å². The molecule has 6 rings (SSSR count). The van der Waals surface area contributed by atoms with Crippen LogP contribution in [0.25, 0.3) is 54.1 Å². The van der Waals surface area contributed by atoms with E-state index in [9.17, 15) is 0 Å². The number of aryl methyl sites for hydroxylation is 1. The van der Waals surface area contributed by atoms with Gasteiger partial charge < -0.3 is 0 Å². The summed E-state index contributed by atoms with van der Waals surface area (Å²) >= 11 is 0. The van der Waals surface area contributed by atoms with Crippen molar-refractivity contribution >= 4 is 54.1 Å². The lowest BCUT2D eigenvalue weighted by molar-refractivity contribution is 1.50. The Bertz CT molecular complexity index is 1440. The van der Waals surface area contributed by atoms with E-state index >= 15 is 0 Å². The maximum atomic E-state index is 5.07. The molecule has 25 heavy (non-hydrogen) atoms. The van der Waals surface area contributed by atoms with Crippen LogP contribution in [0.3, 0.4) is 0 Å². The second kappa shape index (κ2) is 4.46. The van der Waals surface area contributed by atoms with Gasteiger partial charge in [0.1, 0.15) is 0 Å². The molecular weight excluding hydrogens is 302 g/mol. The smallest absolute Gasteiger partial charge is 0.0794 e. The van der Waals surface area contributed by atoms with Crippen LogP contribution in [-0.4, -0.2) is 4.98 Å². The first-order valence-corrected chi connectivity index (χ1v) is 8.66. The van der Waals surface area contributed by atoms with E-state index in [4.69, 9.17) is 4.98 Å². The van der Waals surface area contributed by atoms with Crippen molar-refractivity contribution in [3.05, 3.63) is 78.4 Å². The molecule has 0 spiro atoms. The summed E-state index contributed by atoms with van der Waals surface area (Å²) < 4.78 is 0. The van der Waals surface area contributed by atoms with Crippen molar-refractivity contribution in [1.29, 1.82) is 0 Å². The summed E-state index contributed by atoms with van der Waals surface area (Å²) in [7, 11) is 0. The maximum Gasteiger partial charge on any atom is 0.0794 e. The average Bonchev–Trinajstić information content (AvgIpc) is 2.65. The molecule has 0 atom stereocenters. The van der Waals surface area contributed by atoms with Gasteiger partial charge in [0.05, 0.1) is 11.0 Å². The van der Waals surface area contributed by atoms with Crippen LogP contribution in [0.1, 0.15) is 5.56 Å². The van der Waals surface area contributed by atoms with E-state index in [0.717, 1.165) is 11.0 Å². The first kappa shape index (κ1) is 13.1. The van der Waals surface area contributed by atoms with Crippen molar-refractivity contribution in [3.8, 4) is 0 Å². The van der Waals surface area contributed by atoms with Crippen molar-refractivity contribution in [3.63, 3.8) is 0 Å². The van der Waals surface area contributed by atoms with Crippen LogP contribution >= 0.6 is 0 Å². The highest BCUT2D eigenvalue weighted by molar-refractivity contribution is 6.33. The molecule has 0 saturated heterocycles. The molecule has 0 bridgehead atoms. The fourth-order valence-electron chi connectivity index (χ4n) is 4.33. The summed E-state index contributed by atoms with van der Waals surface area (Å²) in [4.78, 5) is 5.07. The third kappa shape index (κ3) is 1.65. The van der Waals surface area contributed by atoms with E-state index in [1.807, 2.05) is 0 Å². The Morgan fingerprint density at radius 1 is 0.600 bits per heavy atom. The minimum Gasteiger partial charge on any atom is -0.247 e. The Balaban J connectivity index is 2.05. The van der Waals surface area contributed by atoms with Crippen molar-refractivity contribution in [1.82, 2.24) is 4.98 Å². The summed E-state index contributed by atoms with van der Waals surface area (Å²) in [6.07, 6.45) is 0. The molecule has 0 fully saturated rings. The Hall–Kier alpha value is -3.19. The fraction of sp³-hybridized carbons (Fsp3) is 0.0417. The number of nitrogens with zero attached hydrogens (tertiary/aromatic N) is 1. The van der Waals surface area contributed by atoms with Gasteiger partial charge in [0, 0.05) is 16.2 Å². The highest BCUT2D eigenvalue weighted by atomic mass is 14.7. The van der Waals surface area contributed by atoms with Gasteiger partial charge in [0.15, 0.2) is 0 Å². The zero-order chi connectivity index (χ0) is 16.5. The second-order valence-electron chi connectivity index (χ2n) is 6.96. The van der Waals surface area contributed by atoms with Gasteiger partial charge >= 0.3 is 0 Å². The minimum atomic E-state index is 1.06. The van der Waals surface area contributed by atoms with Gasteiger partial charge in [-0.05, 0) is 57.6 Å². The first-order valence-electron chi connectivity index (χ1n) is 8.66. The van der Waals surface area contributed by atoms with Crippen LogP contribution in [0.15, 0.2) is 72.8 Å². The highest BCUT2D eigenvalue weighted by Gasteiger charge is 2.15. The number of hydrogen-bond acceptors (Lipinski definition) is 1. The van der Waals surface area contributed by atoms with Crippen LogP contribution in [0.2, 0.25) is 0 Å². The molecule has 0 saturated carbocycles. The molecule has 1 aromatic heterocycles. The molecule has 1 nitrogen and oxygen atoms in total. The molecule has 0 unspecified atom stereocenters. The summed E-state index contributed by atoms with van der Waals surface area (Å²) in [6, 6.07) is 26.3. The lowest BCUT2D eigenvalue weighted by atomic mass is 9.90. The topological polar surface area (TPSA) is 12.9 Å². The summed E-state index contributed by atoms with van der Waals surface area (Å²) in [6.45, 7) is 2.17. The van der Waals surface area contributed by atoms with E-state index < -0.39 is 0 Å². The van der Waals surface area contributed by atoms with Crippen molar-refractivity contribution < 1.29 is 0 Å². The number of hydrogen-bond donors (Lipinski definition) is 0. The molecule has 0 amide bonds. The third-order valence-corrected chi connectivity index (χ3v) is 5.37. The number of pyridine rings is 1. The van der Waals surface area contributed by atoms with Gasteiger partial charge in [-0.15, -0.1) is 0 Å². The van der Waals surface area contributed by atoms with Crippen LogP contribution in [0.4, 0.5) is 0 Å². The highest BCUT2D eigenvalue weighted by Crippen LogP contribution is 2.41. The monoisotopic (exact) mass is 317 g/mol. The molecule has 0 radical (unpaired) electrons. The Morgan fingerprint density at radius 2 is 1.40 bits per heavy atom. The zero-order valence-corrected chi connectivity index (χ0v) is 13.9. The van der Waals surface area contributed by atoms with Crippen molar-refractivity contribution in [2.45, 2.75) is 6.92 Å². The van der Waals surface area contributed by atoms with Gasteiger partial charge in [-0.25, -0.2) is 4.98 Å². The van der Waals surface area contributed by atoms with E-state index in [1.165, 1.54) is 48.7 Å². The average molecular weight is 317 g/mol. The molecule has 0 aliphatic rings. The summed E-state index contributed by atoms with van der Waals surface area (Å²) in [5.74, 6) is 0. The summed E-state index contributed by atoms with van der Waals surface area (Å²) in [5, 5.41) is 10.3. The Morgan fingerprint density at radius 3 is 2.36 bits per heavy atom. The second-order valence-corrected chi connectivity index (χ2v) is 6.96. The molecular formula is C24H15N. The molecule has 0 aliphatic carbocycles. The van der Waals surface area contributed by atoms with E-state index in [2.05, 4.69) is 79.7 Å². The van der Waals surface area contributed by atoms with Gasteiger partial charge in [-0.1, -0.05) is 54.6 Å². The molecule has 1 heterocycles. The SMILES string of the molecule is Cc1cc2ccc3cccc4c5cc6ccccc6nc5c(c1)c2c34. The Kier molecular flexibility index (Phi) is 2.34. The largest absolute Gasteiger partial charge is 0.247 e. The predicted octanol–water partition coefficient (Wildman–Crippen LogP) is 6.59. The van der Waals surface area contributed by atoms with Crippen LogP contribution in [0, 0.1) is 6.92 Å². The molecule has 6 aromatic rings. The van der Waals surface area contributed by atoms with Crippen LogP contribution in [-0.2, 0) is 0 Å². The lowest BCUT2D eigenvalue weighted by Gasteiger charge is -2.15. The number of benzene rings is 5. The normalized spacial score (nSPS) is 12.2. The zero-order valence-electron chi connectivity index (χ0n) is 13.9. The van der Waals surface area contributed by atoms with Gasteiger partial charge in [0.2, 0.25) is 0 Å². The predicted molar refractivity (Wildman–Crippen MR) is 108 cm³/mol. The third-order valence-electron chi connectivity index (χ3n) is 5.37. The fourth-order valence-corrected chi connectivity index (χ4v) is 4.33. The van der Waals surface area contributed by atoms with E-state index in [0.29, 0.717) is 0 Å². The molecule has 1 heteroatoms. The summed E-state index contributed by atoms with van der Waals surface area (Å²) in [5.41, 5.74) is 3.45. The van der Waals surface area contributed by atoms with Gasteiger partial charge in [-0.2, -0.15) is 0 Å². The quantitative estimate of drug-likeness (QED) is 0.227. The maximum absolute atomic E-state index is 5.07. The van der Waals surface area contributed by atoms with Gasteiger partial charge in [-0.3, -0.25) is 0 Å². The van der Waals surface area contributed by atoms with Gasteiger partial charge in [0.25, 0.3) is 0 Å². The van der Waals surface area contributed by atoms with E-state index in [-0.39, 0.29) is 0 Å². The van der Waals surface area contributed by atoms with Crippen molar-refractivity contribution in [2.24, 2.45) is 0 Å². The van der Waals surface area contributed by atoms with Crippen LogP contribution in [0.5, 0.6) is 0 Å². The number of fused-ring (bicyclic) bond motifs is 4. The minimum absolute atomic E-state index is 1.06. The van der Waals surface area contributed by atoms with E-state index in [1.54, 1.807) is 0 Å². The first-order chi connectivity index (χ1) is 12.3. The number of para-hydroxylation sites is 1. The standard InChI is InChI=1S/C24H15N/c1-14-11-17-10-9-15-6-4-7-18-19-13-16-5-2-3-8-21(16)25-24(19)20(12-14)23(17)22(15)18/h2-13H,1H3. The molecule has 0 N–H and O–H groups in total. The number of rotatable bonds is 0. The molecule has 5 aromatic carbocycles.